The first-order chi connectivity index (χ1) is 13.4. The predicted molar refractivity (Wildman–Crippen MR) is 113 cm³/mol. The lowest BCUT2D eigenvalue weighted by atomic mass is 9.94. The highest BCUT2D eigenvalue weighted by Gasteiger charge is 2.57. The summed E-state index contributed by atoms with van der Waals surface area (Å²) in [4.78, 5) is 12.1. The summed E-state index contributed by atoms with van der Waals surface area (Å²) in [6.45, 7) is 10.9. The molecule has 0 radical (unpaired) electrons. The number of carbonyl (C=O) groups is 1. The second-order valence-electron chi connectivity index (χ2n) is 8.57. The number of hydrogen-bond acceptors (Lipinski definition) is 4. The van der Waals surface area contributed by atoms with Crippen LogP contribution in [-0.4, -0.2) is 45.5 Å². The molecule has 7 nitrogen and oxygen atoms in total. The number of rotatable bonds is 5. The van der Waals surface area contributed by atoms with Crippen molar-refractivity contribution in [2.75, 3.05) is 0 Å². The van der Waals surface area contributed by atoms with E-state index >= 15 is 0 Å². The Morgan fingerprint density at radius 3 is 2.34 bits per heavy atom. The van der Waals surface area contributed by atoms with Crippen molar-refractivity contribution in [3.05, 3.63) is 49.2 Å². The number of sulfonamides is 1. The van der Waals surface area contributed by atoms with E-state index in [4.69, 9.17) is 0 Å². The molecule has 1 saturated heterocycles. The molecule has 1 aliphatic rings. The van der Waals surface area contributed by atoms with Gasteiger partial charge in [0.05, 0.1) is 16.1 Å². The van der Waals surface area contributed by atoms with E-state index in [9.17, 15) is 13.2 Å². The van der Waals surface area contributed by atoms with Gasteiger partial charge in [-0.3, -0.25) is 9.48 Å². The molecule has 2 aromatic rings. The van der Waals surface area contributed by atoms with Gasteiger partial charge in [-0.2, -0.15) is 9.40 Å². The van der Waals surface area contributed by atoms with Gasteiger partial charge < -0.3 is 5.32 Å². The average Bonchev–Trinajstić information content (AvgIpc) is 3.13. The van der Waals surface area contributed by atoms with Gasteiger partial charge in [-0.1, -0.05) is 18.7 Å². The van der Waals surface area contributed by atoms with E-state index in [1.54, 1.807) is 35.1 Å². The summed E-state index contributed by atoms with van der Waals surface area (Å²) in [6.07, 6.45) is 3.41. The van der Waals surface area contributed by atoms with E-state index in [1.165, 1.54) is 10.4 Å². The standard InChI is InChI=1S/C21H28N4O3S/c1-7-19(26)23-18-14-20(2,3)25(21(18,4)5)29(27,28)16-10-8-15(9-11-16)17-12-13-22-24(17)6/h7-13,18H,1,14H2,2-6H3,(H,23,26). The van der Waals surface area contributed by atoms with Crippen LogP contribution in [0.5, 0.6) is 0 Å². The fourth-order valence-electron chi connectivity index (χ4n) is 4.41. The molecular weight excluding hydrogens is 388 g/mol. The Labute approximate surface area is 172 Å². The van der Waals surface area contributed by atoms with Gasteiger partial charge in [-0.25, -0.2) is 8.42 Å². The molecule has 1 unspecified atom stereocenters. The number of aromatic nitrogens is 2. The largest absolute Gasteiger partial charge is 0.348 e. The lowest BCUT2D eigenvalue weighted by Crippen LogP contribution is -2.56. The molecule has 1 amide bonds. The van der Waals surface area contributed by atoms with Crippen LogP contribution in [0.15, 0.2) is 54.1 Å². The quantitative estimate of drug-likeness (QED) is 0.760. The van der Waals surface area contributed by atoms with Crippen LogP contribution in [0, 0.1) is 0 Å². The lowest BCUT2D eigenvalue weighted by molar-refractivity contribution is -0.117. The number of amides is 1. The minimum absolute atomic E-state index is 0.222. The summed E-state index contributed by atoms with van der Waals surface area (Å²) in [7, 11) is -1.95. The molecule has 0 saturated carbocycles. The minimum atomic E-state index is -3.79. The first-order valence-electron chi connectivity index (χ1n) is 9.48. The van der Waals surface area contributed by atoms with Gasteiger partial charge in [-0.05, 0) is 64.0 Å². The summed E-state index contributed by atoms with van der Waals surface area (Å²) < 4.78 is 30.5. The zero-order chi connectivity index (χ0) is 21.6. The first kappa shape index (κ1) is 21.3. The van der Waals surface area contributed by atoms with Crippen molar-refractivity contribution in [3.63, 3.8) is 0 Å². The summed E-state index contributed by atoms with van der Waals surface area (Å²) in [5.41, 5.74) is 0.326. The molecule has 1 aliphatic heterocycles. The van der Waals surface area contributed by atoms with Gasteiger partial charge in [0, 0.05) is 24.8 Å². The third kappa shape index (κ3) is 3.62. The third-order valence-electron chi connectivity index (χ3n) is 5.64. The van der Waals surface area contributed by atoms with Gasteiger partial charge in [0.25, 0.3) is 0 Å². The molecule has 0 aliphatic carbocycles. The fraction of sp³-hybridized carbons (Fsp3) is 0.429. The monoisotopic (exact) mass is 416 g/mol. The van der Waals surface area contributed by atoms with Crippen molar-refractivity contribution < 1.29 is 13.2 Å². The highest BCUT2D eigenvalue weighted by molar-refractivity contribution is 7.89. The van der Waals surface area contributed by atoms with Crippen molar-refractivity contribution >= 4 is 15.9 Å². The molecule has 156 valence electrons. The smallest absolute Gasteiger partial charge is 0.244 e. The maximum Gasteiger partial charge on any atom is 0.244 e. The number of nitrogens with one attached hydrogen (secondary N) is 1. The van der Waals surface area contributed by atoms with Crippen molar-refractivity contribution in [2.24, 2.45) is 7.05 Å². The molecule has 1 fully saturated rings. The van der Waals surface area contributed by atoms with Crippen LogP contribution in [-0.2, 0) is 21.9 Å². The van der Waals surface area contributed by atoms with Gasteiger partial charge >= 0.3 is 0 Å². The molecule has 1 N–H and O–H groups in total. The number of benzene rings is 1. The van der Waals surface area contributed by atoms with Crippen LogP contribution in [0.2, 0.25) is 0 Å². The van der Waals surface area contributed by atoms with Crippen molar-refractivity contribution in [3.8, 4) is 11.3 Å². The van der Waals surface area contributed by atoms with Gasteiger partial charge in [0.1, 0.15) is 0 Å². The Kier molecular flexibility index (Phi) is 5.21. The molecule has 29 heavy (non-hydrogen) atoms. The first-order valence-corrected chi connectivity index (χ1v) is 10.9. The molecule has 1 atom stereocenters. The molecule has 0 bridgehead atoms. The van der Waals surface area contributed by atoms with Crippen LogP contribution in [0.3, 0.4) is 0 Å². The zero-order valence-electron chi connectivity index (χ0n) is 17.5. The highest BCUT2D eigenvalue weighted by atomic mass is 32.2. The van der Waals surface area contributed by atoms with Crippen molar-refractivity contribution in [1.29, 1.82) is 0 Å². The Bertz CT molecular complexity index is 1040. The summed E-state index contributed by atoms with van der Waals surface area (Å²) in [5.74, 6) is -0.307. The van der Waals surface area contributed by atoms with Crippen LogP contribution >= 0.6 is 0 Å². The molecule has 3 rings (SSSR count). The summed E-state index contributed by atoms with van der Waals surface area (Å²) in [5, 5.41) is 7.04. The number of carbonyl (C=O) groups excluding carboxylic acids is 1. The maximum atomic E-state index is 13.6. The zero-order valence-corrected chi connectivity index (χ0v) is 18.3. The van der Waals surface area contributed by atoms with Gasteiger partial charge in [0.2, 0.25) is 15.9 Å². The normalized spacial score (nSPS) is 21.1. The van der Waals surface area contributed by atoms with Gasteiger partial charge in [0.15, 0.2) is 0 Å². The number of nitrogens with zero attached hydrogens (tertiary/aromatic N) is 3. The number of hydrogen-bond donors (Lipinski definition) is 1. The van der Waals surface area contributed by atoms with E-state index in [1.807, 2.05) is 40.8 Å². The van der Waals surface area contributed by atoms with Gasteiger partial charge in [-0.15, -0.1) is 0 Å². The second kappa shape index (κ2) is 7.11. The van der Waals surface area contributed by atoms with E-state index in [0.717, 1.165) is 11.3 Å². The second-order valence-corrected chi connectivity index (χ2v) is 10.4. The average molecular weight is 417 g/mol. The minimum Gasteiger partial charge on any atom is -0.348 e. The molecule has 8 heteroatoms. The molecular formula is C21H28N4O3S. The fourth-order valence-corrected chi connectivity index (χ4v) is 6.57. The van der Waals surface area contributed by atoms with Crippen molar-refractivity contribution in [2.45, 2.75) is 56.1 Å². The third-order valence-corrected chi connectivity index (χ3v) is 7.95. The number of aryl methyl sites for hydroxylation is 1. The van der Waals surface area contributed by atoms with E-state index in [2.05, 4.69) is 17.0 Å². The molecule has 1 aromatic carbocycles. The Morgan fingerprint density at radius 1 is 1.21 bits per heavy atom. The van der Waals surface area contributed by atoms with E-state index in [0.29, 0.717) is 6.42 Å². The maximum absolute atomic E-state index is 13.6. The Balaban J connectivity index is 1.98. The summed E-state index contributed by atoms with van der Waals surface area (Å²) >= 11 is 0. The summed E-state index contributed by atoms with van der Waals surface area (Å²) in [6, 6.07) is 8.38. The van der Waals surface area contributed by atoms with Crippen molar-refractivity contribution in [1.82, 2.24) is 19.4 Å². The van der Waals surface area contributed by atoms with Crippen LogP contribution in [0.4, 0.5) is 0 Å². The predicted octanol–water partition coefficient (Wildman–Crippen LogP) is 2.71. The SMILES string of the molecule is C=CC(=O)NC1CC(C)(C)N(S(=O)(=O)c2ccc(-c3ccnn3C)cc2)C1(C)C. The molecule has 1 aromatic heterocycles. The van der Waals surface area contributed by atoms with Crippen LogP contribution in [0.1, 0.15) is 34.1 Å². The van der Waals surface area contributed by atoms with Crippen LogP contribution < -0.4 is 5.32 Å². The van der Waals surface area contributed by atoms with E-state index in [-0.39, 0.29) is 16.8 Å². The lowest BCUT2D eigenvalue weighted by Gasteiger charge is -2.40. The Morgan fingerprint density at radius 2 is 1.83 bits per heavy atom. The highest BCUT2D eigenvalue weighted by Crippen LogP contribution is 2.44. The molecule has 0 spiro atoms. The molecule has 2 heterocycles. The van der Waals surface area contributed by atoms with Crippen LogP contribution in [0.25, 0.3) is 11.3 Å². The topological polar surface area (TPSA) is 84.3 Å². The van der Waals surface area contributed by atoms with E-state index < -0.39 is 21.1 Å². The Hall–Kier alpha value is -2.45.